The highest BCUT2D eigenvalue weighted by Gasteiger charge is 2.25. The average molecular weight is 440 g/mol. The van der Waals surface area contributed by atoms with Gasteiger partial charge < -0.3 is 10.0 Å². The Morgan fingerprint density at radius 3 is 2.83 bits per heavy atom. The van der Waals surface area contributed by atoms with Gasteiger partial charge in [-0.3, -0.25) is 9.20 Å². The van der Waals surface area contributed by atoms with Gasteiger partial charge >= 0.3 is 0 Å². The van der Waals surface area contributed by atoms with Crippen LogP contribution in [0.25, 0.3) is 16.4 Å². The fraction of sp³-hybridized carbons (Fsp3) is 0.217. The largest absolute Gasteiger partial charge is 0.391 e. The monoisotopic (exact) mass is 439 g/mol. The third kappa shape index (κ3) is 3.14. The van der Waals surface area contributed by atoms with E-state index in [2.05, 4.69) is 34.1 Å². The number of benzene rings is 2. The van der Waals surface area contributed by atoms with E-state index in [4.69, 9.17) is 23.2 Å². The van der Waals surface area contributed by atoms with Gasteiger partial charge in [0.15, 0.2) is 5.65 Å². The van der Waals surface area contributed by atoms with E-state index >= 15 is 0 Å². The van der Waals surface area contributed by atoms with Crippen LogP contribution in [0.2, 0.25) is 10.0 Å². The van der Waals surface area contributed by atoms with E-state index in [1.165, 1.54) is 10.5 Å². The van der Waals surface area contributed by atoms with Crippen LogP contribution in [0.1, 0.15) is 16.8 Å². The first-order valence-electron chi connectivity index (χ1n) is 9.73. The van der Waals surface area contributed by atoms with Crippen LogP contribution in [-0.4, -0.2) is 27.1 Å². The molecule has 1 N–H and O–H groups in total. The molecule has 5 nitrogen and oxygen atoms in total. The van der Waals surface area contributed by atoms with Crippen molar-refractivity contribution in [3.8, 4) is 0 Å². The third-order valence-electron chi connectivity index (χ3n) is 5.67. The van der Waals surface area contributed by atoms with Crippen molar-refractivity contribution >= 4 is 45.3 Å². The fourth-order valence-electron chi connectivity index (χ4n) is 4.22. The molecule has 0 spiro atoms. The van der Waals surface area contributed by atoms with E-state index in [9.17, 15) is 9.90 Å². The number of aliphatic hydroxyl groups excluding tert-OH is 1. The molecule has 2 aromatic heterocycles. The number of fused-ring (bicyclic) bond motifs is 4. The maximum Gasteiger partial charge on any atom is 0.258 e. The second-order valence-corrected chi connectivity index (χ2v) is 8.51. The molecule has 30 heavy (non-hydrogen) atoms. The van der Waals surface area contributed by atoms with Gasteiger partial charge in [0.05, 0.1) is 28.4 Å². The Hall–Kier alpha value is -2.60. The van der Waals surface area contributed by atoms with Crippen molar-refractivity contribution in [3.63, 3.8) is 0 Å². The molecule has 5 rings (SSSR count). The maximum atomic E-state index is 12.7. The molecule has 1 atom stereocenters. The Balaban J connectivity index is 1.64. The first-order valence-corrected chi connectivity index (χ1v) is 10.5. The van der Waals surface area contributed by atoms with Crippen LogP contribution in [0.3, 0.4) is 0 Å². The smallest absolute Gasteiger partial charge is 0.258 e. The summed E-state index contributed by atoms with van der Waals surface area (Å²) in [6.45, 7) is 2.66. The zero-order valence-corrected chi connectivity index (χ0v) is 17.8. The lowest BCUT2D eigenvalue weighted by atomic mass is 9.95. The summed E-state index contributed by atoms with van der Waals surface area (Å²) in [6, 6.07) is 13.8. The minimum absolute atomic E-state index is 0.241. The topological polar surface area (TPSA) is 57.8 Å². The summed E-state index contributed by atoms with van der Waals surface area (Å²) < 4.78 is 1.37. The molecule has 0 unspecified atom stereocenters. The number of β-amino-alcohol motifs (C(OH)–C–C–N with tert-alkyl or cyclic N) is 1. The van der Waals surface area contributed by atoms with Crippen LogP contribution in [0.4, 0.5) is 5.69 Å². The molecule has 2 aromatic carbocycles. The molecular weight excluding hydrogens is 421 g/mol. The minimum Gasteiger partial charge on any atom is -0.391 e. The fourth-order valence-corrected chi connectivity index (χ4v) is 4.70. The Bertz CT molecular complexity index is 1370. The predicted molar refractivity (Wildman–Crippen MR) is 121 cm³/mol. The number of aliphatic hydroxyl groups is 1. The quantitative estimate of drug-likeness (QED) is 0.503. The van der Waals surface area contributed by atoms with Crippen LogP contribution in [0.15, 0.2) is 53.5 Å². The number of anilines is 1. The van der Waals surface area contributed by atoms with E-state index in [1.807, 2.05) is 12.1 Å². The van der Waals surface area contributed by atoms with Crippen molar-refractivity contribution in [3.05, 3.63) is 85.9 Å². The van der Waals surface area contributed by atoms with Gasteiger partial charge in [-0.15, -0.1) is 0 Å². The third-order valence-corrected chi connectivity index (χ3v) is 6.50. The van der Waals surface area contributed by atoms with Crippen LogP contribution in [0, 0.1) is 6.92 Å². The van der Waals surface area contributed by atoms with E-state index in [0.29, 0.717) is 46.5 Å². The van der Waals surface area contributed by atoms with Gasteiger partial charge in [0, 0.05) is 36.3 Å². The Labute approximate surface area is 183 Å². The summed E-state index contributed by atoms with van der Waals surface area (Å²) in [5.74, 6) is 0. The molecule has 0 aliphatic carbocycles. The molecular formula is C23H19Cl2N3O2. The second kappa shape index (κ2) is 7.27. The van der Waals surface area contributed by atoms with E-state index in [1.54, 1.807) is 13.1 Å². The van der Waals surface area contributed by atoms with Crippen LogP contribution in [0.5, 0.6) is 0 Å². The summed E-state index contributed by atoms with van der Waals surface area (Å²) in [4.78, 5) is 19.5. The van der Waals surface area contributed by atoms with Gasteiger partial charge in [0.25, 0.3) is 5.56 Å². The normalized spacial score (nSPS) is 16.3. The summed E-state index contributed by atoms with van der Waals surface area (Å²) in [5, 5.41) is 13.5. The molecule has 4 aromatic rings. The molecule has 0 amide bonds. The van der Waals surface area contributed by atoms with E-state index < -0.39 is 6.10 Å². The zero-order valence-electron chi connectivity index (χ0n) is 16.3. The van der Waals surface area contributed by atoms with Crippen molar-refractivity contribution in [1.82, 2.24) is 9.38 Å². The number of pyridine rings is 1. The van der Waals surface area contributed by atoms with Crippen molar-refractivity contribution in [2.24, 2.45) is 0 Å². The van der Waals surface area contributed by atoms with Crippen molar-refractivity contribution in [2.75, 3.05) is 11.4 Å². The molecule has 0 fully saturated rings. The molecule has 0 radical (unpaired) electrons. The lowest BCUT2D eigenvalue weighted by Gasteiger charge is -2.35. The van der Waals surface area contributed by atoms with Crippen LogP contribution in [-0.2, 0) is 13.0 Å². The van der Waals surface area contributed by atoms with Gasteiger partial charge in [-0.2, -0.15) is 0 Å². The summed E-state index contributed by atoms with van der Waals surface area (Å²) in [5.41, 5.74) is 3.60. The minimum atomic E-state index is -0.482. The predicted octanol–water partition coefficient (Wildman–Crippen LogP) is 4.39. The van der Waals surface area contributed by atoms with E-state index in [-0.39, 0.29) is 5.56 Å². The number of aromatic nitrogens is 2. The number of halogens is 2. The van der Waals surface area contributed by atoms with Crippen molar-refractivity contribution in [2.45, 2.75) is 26.0 Å². The first-order chi connectivity index (χ1) is 14.4. The molecule has 0 saturated carbocycles. The number of nitrogens with zero attached hydrogens (tertiary/aromatic N) is 3. The highest BCUT2D eigenvalue weighted by molar-refractivity contribution is 6.37. The van der Waals surface area contributed by atoms with Crippen LogP contribution < -0.4 is 10.5 Å². The lowest BCUT2D eigenvalue weighted by molar-refractivity contribution is 0.175. The average Bonchev–Trinajstić information content (AvgIpc) is 2.72. The van der Waals surface area contributed by atoms with Gasteiger partial charge in [0.1, 0.15) is 0 Å². The summed E-state index contributed by atoms with van der Waals surface area (Å²) in [7, 11) is 0. The molecule has 3 heterocycles. The Morgan fingerprint density at radius 1 is 1.20 bits per heavy atom. The molecule has 0 bridgehead atoms. The van der Waals surface area contributed by atoms with Gasteiger partial charge in [-0.1, -0.05) is 59.6 Å². The maximum absolute atomic E-state index is 12.7. The van der Waals surface area contributed by atoms with Gasteiger partial charge in [-0.25, -0.2) is 4.98 Å². The van der Waals surface area contributed by atoms with Gasteiger partial charge in [-0.05, 0) is 23.4 Å². The summed E-state index contributed by atoms with van der Waals surface area (Å²) in [6.07, 6.45) is 1.67. The lowest BCUT2D eigenvalue weighted by Crippen LogP contribution is -2.38. The number of rotatable bonds is 2. The Kier molecular flexibility index (Phi) is 4.69. The van der Waals surface area contributed by atoms with Crippen LogP contribution >= 0.6 is 23.2 Å². The highest BCUT2D eigenvalue weighted by Crippen LogP contribution is 2.36. The molecule has 7 heteroatoms. The molecule has 1 aliphatic rings. The van der Waals surface area contributed by atoms with E-state index in [0.717, 1.165) is 22.0 Å². The number of hydrogen-bond donors (Lipinski definition) is 1. The molecule has 1 aliphatic heterocycles. The molecule has 0 saturated heterocycles. The SMILES string of the molecule is Cc1c(Cl)cn2c(=O)cc(CN3C[C@H](O)Cc4ccc5ccccc5c43)nc2c1Cl. The zero-order chi connectivity index (χ0) is 21.0. The molecule has 152 valence electrons. The second-order valence-electron chi connectivity index (χ2n) is 7.73. The highest BCUT2D eigenvalue weighted by atomic mass is 35.5. The number of hydrogen-bond acceptors (Lipinski definition) is 4. The standard InChI is InChI=1S/C23H19Cl2N3O2/c1-13-19(24)12-28-20(30)9-16(26-23(28)21(13)25)10-27-11-17(29)8-15-7-6-14-4-2-3-5-18(14)22(15)27/h2-7,9,12,17,29H,8,10-11H2,1H3/t17-/m1/s1. The van der Waals surface area contributed by atoms with Gasteiger partial charge in [0.2, 0.25) is 0 Å². The summed E-state index contributed by atoms with van der Waals surface area (Å²) >= 11 is 12.6. The van der Waals surface area contributed by atoms with Crippen molar-refractivity contribution < 1.29 is 5.11 Å². The van der Waals surface area contributed by atoms with Crippen molar-refractivity contribution in [1.29, 1.82) is 0 Å². The Morgan fingerprint density at radius 2 is 2.00 bits per heavy atom. The first kappa shape index (κ1) is 19.4.